The Morgan fingerprint density at radius 1 is 0.714 bits per heavy atom. The Balaban J connectivity index is 1.85. The number of rotatable bonds is 11. The molecule has 0 aliphatic heterocycles. The Morgan fingerprint density at radius 3 is 1.93 bits per heavy atom. The van der Waals surface area contributed by atoms with Crippen LogP contribution in [0.2, 0.25) is 0 Å². The largest absolute Gasteiger partial charge is 0.462 e. The van der Waals surface area contributed by atoms with Crippen LogP contribution in [0.5, 0.6) is 5.75 Å². The average molecular weight is 383 g/mol. The molecule has 2 aromatic carbocycles. The van der Waals surface area contributed by atoms with Crippen LogP contribution in [0.1, 0.15) is 78.7 Å². The third-order valence-electron chi connectivity index (χ3n) is 4.54. The number of hydrogen-bond acceptors (Lipinski definition) is 4. The van der Waals surface area contributed by atoms with Crippen LogP contribution in [0.15, 0.2) is 48.5 Å². The first-order valence-corrected chi connectivity index (χ1v) is 10.2. The highest BCUT2D eigenvalue weighted by Crippen LogP contribution is 2.16. The van der Waals surface area contributed by atoms with Crippen molar-refractivity contribution in [1.29, 1.82) is 0 Å². The quantitative estimate of drug-likeness (QED) is 0.272. The summed E-state index contributed by atoms with van der Waals surface area (Å²) in [5.41, 5.74) is 2.19. The van der Waals surface area contributed by atoms with Crippen molar-refractivity contribution in [3.05, 3.63) is 65.2 Å². The fraction of sp³-hybridized carbons (Fsp3) is 0.417. The second-order valence-electron chi connectivity index (χ2n) is 6.91. The van der Waals surface area contributed by atoms with E-state index >= 15 is 0 Å². The van der Waals surface area contributed by atoms with Crippen LogP contribution in [0, 0.1) is 0 Å². The summed E-state index contributed by atoms with van der Waals surface area (Å²) < 4.78 is 10.6. The number of hydrogen-bond donors (Lipinski definition) is 0. The van der Waals surface area contributed by atoms with Gasteiger partial charge in [0.2, 0.25) is 0 Å². The zero-order valence-corrected chi connectivity index (χ0v) is 16.9. The Bertz CT molecular complexity index is 732. The molecule has 0 aliphatic carbocycles. The van der Waals surface area contributed by atoms with Crippen LogP contribution in [0.25, 0.3) is 0 Å². The smallest absolute Gasteiger partial charge is 0.343 e. The lowest BCUT2D eigenvalue weighted by molar-refractivity contribution is 0.0498. The van der Waals surface area contributed by atoms with E-state index in [1.807, 2.05) is 12.1 Å². The SMILES string of the molecule is CCCCCOC(=O)c1ccc(OC(=O)c2ccc(CCCCC)cc2)cc1. The summed E-state index contributed by atoms with van der Waals surface area (Å²) >= 11 is 0. The van der Waals surface area contributed by atoms with E-state index in [2.05, 4.69) is 13.8 Å². The lowest BCUT2D eigenvalue weighted by Gasteiger charge is -2.07. The predicted molar refractivity (Wildman–Crippen MR) is 111 cm³/mol. The summed E-state index contributed by atoms with van der Waals surface area (Å²) in [6.07, 6.45) is 7.59. The monoisotopic (exact) mass is 382 g/mol. The van der Waals surface area contributed by atoms with Gasteiger partial charge in [0.25, 0.3) is 0 Å². The molecule has 0 amide bonds. The zero-order valence-electron chi connectivity index (χ0n) is 16.9. The first-order valence-electron chi connectivity index (χ1n) is 10.2. The predicted octanol–water partition coefficient (Wildman–Crippen LogP) is 5.99. The van der Waals surface area contributed by atoms with Crippen molar-refractivity contribution in [2.24, 2.45) is 0 Å². The summed E-state index contributed by atoms with van der Waals surface area (Å²) in [4.78, 5) is 24.3. The van der Waals surface area contributed by atoms with Gasteiger partial charge in [-0.3, -0.25) is 0 Å². The van der Waals surface area contributed by atoms with Crippen molar-refractivity contribution in [2.75, 3.05) is 6.61 Å². The van der Waals surface area contributed by atoms with Gasteiger partial charge in [-0.05, 0) is 61.2 Å². The van der Waals surface area contributed by atoms with E-state index in [1.165, 1.54) is 18.4 Å². The van der Waals surface area contributed by atoms with Gasteiger partial charge >= 0.3 is 11.9 Å². The average Bonchev–Trinajstić information content (AvgIpc) is 2.72. The maximum Gasteiger partial charge on any atom is 0.343 e. The van der Waals surface area contributed by atoms with Gasteiger partial charge in [0.1, 0.15) is 5.75 Å². The van der Waals surface area contributed by atoms with E-state index < -0.39 is 5.97 Å². The minimum absolute atomic E-state index is 0.354. The standard InChI is InChI=1S/C24H30O4/c1-3-5-7-9-19-10-12-21(13-11-19)24(26)28-22-16-14-20(15-17-22)23(25)27-18-8-6-4-2/h10-17H,3-9,18H2,1-2H3. The van der Waals surface area contributed by atoms with Gasteiger partial charge in [-0.1, -0.05) is 51.7 Å². The van der Waals surface area contributed by atoms with Crippen LogP contribution in [-0.4, -0.2) is 18.5 Å². The van der Waals surface area contributed by atoms with E-state index in [0.717, 1.165) is 32.1 Å². The molecule has 0 atom stereocenters. The summed E-state index contributed by atoms with van der Waals surface area (Å²) in [5.74, 6) is -0.359. The van der Waals surface area contributed by atoms with Gasteiger partial charge in [-0.15, -0.1) is 0 Å². The fourth-order valence-corrected chi connectivity index (χ4v) is 2.81. The molecule has 0 spiro atoms. The third-order valence-corrected chi connectivity index (χ3v) is 4.54. The van der Waals surface area contributed by atoms with Gasteiger partial charge in [0.15, 0.2) is 0 Å². The molecule has 0 N–H and O–H groups in total. The Kier molecular flexibility index (Phi) is 9.26. The van der Waals surface area contributed by atoms with E-state index in [0.29, 0.717) is 23.5 Å². The Labute approximate surface area is 167 Å². The van der Waals surface area contributed by atoms with Gasteiger partial charge in [-0.25, -0.2) is 9.59 Å². The first kappa shape index (κ1) is 21.7. The van der Waals surface area contributed by atoms with Crippen LogP contribution in [0.4, 0.5) is 0 Å². The molecular weight excluding hydrogens is 352 g/mol. The second-order valence-corrected chi connectivity index (χ2v) is 6.91. The molecule has 2 aromatic rings. The van der Waals surface area contributed by atoms with Gasteiger partial charge in [0, 0.05) is 0 Å². The summed E-state index contributed by atoms with van der Waals surface area (Å²) in [6.45, 7) is 4.71. The van der Waals surface area contributed by atoms with Crippen LogP contribution in [0.3, 0.4) is 0 Å². The van der Waals surface area contributed by atoms with Crippen molar-refractivity contribution in [1.82, 2.24) is 0 Å². The van der Waals surface area contributed by atoms with Crippen molar-refractivity contribution in [2.45, 2.75) is 58.8 Å². The number of unbranched alkanes of at least 4 members (excludes halogenated alkanes) is 4. The van der Waals surface area contributed by atoms with Crippen LogP contribution in [-0.2, 0) is 11.2 Å². The number of carbonyl (C=O) groups is 2. The Morgan fingerprint density at radius 2 is 1.29 bits per heavy atom. The molecule has 150 valence electrons. The van der Waals surface area contributed by atoms with E-state index in [4.69, 9.17) is 9.47 Å². The fourth-order valence-electron chi connectivity index (χ4n) is 2.81. The normalized spacial score (nSPS) is 10.5. The lowest BCUT2D eigenvalue weighted by atomic mass is 10.1. The zero-order chi connectivity index (χ0) is 20.2. The van der Waals surface area contributed by atoms with Gasteiger partial charge < -0.3 is 9.47 Å². The van der Waals surface area contributed by atoms with Crippen molar-refractivity contribution >= 4 is 11.9 Å². The maximum atomic E-state index is 12.3. The summed E-state index contributed by atoms with van der Waals surface area (Å²) in [6, 6.07) is 14.0. The highest BCUT2D eigenvalue weighted by atomic mass is 16.5. The van der Waals surface area contributed by atoms with Crippen molar-refractivity contribution in [3.8, 4) is 5.75 Å². The minimum Gasteiger partial charge on any atom is -0.462 e. The molecule has 0 fully saturated rings. The molecule has 2 rings (SSSR count). The van der Waals surface area contributed by atoms with E-state index in [9.17, 15) is 9.59 Å². The van der Waals surface area contributed by atoms with Crippen molar-refractivity contribution in [3.63, 3.8) is 0 Å². The minimum atomic E-state index is -0.407. The Hall–Kier alpha value is -2.62. The van der Waals surface area contributed by atoms with Crippen molar-refractivity contribution < 1.29 is 19.1 Å². The van der Waals surface area contributed by atoms with E-state index in [1.54, 1.807) is 36.4 Å². The molecule has 0 aromatic heterocycles. The van der Waals surface area contributed by atoms with Gasteiger partial charge in [-0.2, -0.15) is 0 Å². The molecular formula is C24H30O4. The maximum absolute atomic E-state index is 12.3. The van der Waals surface area contributed by atoms with Gasteiger partial charge in [0.05, 0.1) is 17.7 Å². The molecule has 0 bridgehead atoms. The molecule has 0 saturated heterocycles. The first-order chi connectivity index (χ1) is 13.6. The lowest BCUT2D eigenvalue weighted by Crippen LogP contribution is -2.09. The number of esters is 2. The second kappa shape index (κ2) is 12.0. The molecule has 4 heteroatoms. The topological polar surface area (TPSA) is 52.6 Å². The highest BCUT2D eigenvalue weighted by Gasteiger charge is 2.11. The molecule has 0 heterocycles. The molecule has 0 unspecified atom stereocenters. The molecule has 0 aliphatic rings. The molecule has 28 heavy (non-hydrogen) atoms. The number of carbonyl (C=O) groups excluding carboxylic acids is 2. The molecule has 0 saturated carbocycles. The number of aryl methyl sites for hydroxylation is 1. The third kappa shape index (κ3) is 7.18. The van der Waals surface area contributed by atoms with Crippen LogP contribution < -0.4 is 4.74 Å². The molecule has 4 nitrogen and oxygen atoms in total. The number of ether oxygens (including phenoxy) is 2. The summed E-state index contributed by atoms with van der Waals surface area (Å²) in [5, 5.41) is 0. The number of benzene rings is 2. The van der Waals surface area contributed by atoms with E-state index in [-0.39, 0.29) is 5.97 Å². The highest BCUT2D eigenvalue weighted by molar-refractivity contribution is 5.92. The van der Waals surface area contributed by atoms with Crippen LogP contribution >= 0.6 is 0 Å². The summed E-state index contributed by atoms with van der Waals surface area (Å²) in [7, 11) is 0. The molecule has 0 radical (unpaired) electrons.